The van der Waals surface area contributed by atoms with Crippen LogP contribution >= 0.6 is 11.8 Å². The third-order valence-electron chi connectivity index (χ3n) is 5.48. The molecule has 8 nitrogen and oxygen atoms in total. The number of carbonyl (C=O) groups is 2. The summed E-state index contributed by atoms with van der Waals surface area (Å²) in [5.74, 6) is 0.660. The maximum Gasteiger partial charge on any atom is 0.283 e. The summed E-state index contributed by atoms with van der Waals surface area (Å²) in [7, 11) is 0. The summed E-state index contributed by atoms with van der Waals surface area (Å²) in [6.45, 7) is 2.13. The van der Waals surface area contributed by atoms with E-state index in [1.54, 1.807) is 42.5 Å². The van der Waals surface area contributed by atoms with Gasteiger partial charge in [-0.25, -0.2) is 4.99 Å². The number of hydrogen-bond donors (Lipinski definition) is 1. The average Bonchev–Trinajstić information content (AvgIpc) is 3.47. The van der Waals surface area contributed by atoms with Crippen molar-refractivity contribution in [3.05, 3.63) is 89.1 Å². The second-order valence-electron chi connectivity index (χ2n) is 8.01. The molecule has 3 aromatic carbocycles. The molecule has 2 aliphatic heterocycles. The van der Waals surface area contributed by atoms with Crippen LogP contribution in [0, 0.1) is 18.3 Å². The molecule has 0 aromatic heterocycles. The number of nitrogens with zero attached hydrogens (tertiary/aromatic N) is 3. The Morgan fingerprint density at radius 1 is 1.14 bits per heavy atom. The van der Waals surface area contributed by atoms with Gasteiger partial charge in [0.2, 0.25) is 12.7 Å². The minimum absolute atomic E-state index is 0.00550. The molecule has 0 fully saturated rings. The number of anilines is 2. The molecule has 2 amide bonds. The van der Waals surface area contributed by atoms with Crippen LogP contribution in [0.4, 0.5) is 11.4 Å². The molecule has 178 valence electrons. The number of aryl methyl sites for hydroxylation is 1. The summed E-state index contributed by atoms with van der Waals surface area (Å²) < 4.78 is 10.8. The lowest BCUT2D eigenvalue weighted by molar-refractivity contribution is -0.114. The summed E-state index contributed by atoms with van der Waals surface area (Å²) in [4.78, 5) is 32.1. The maximum atomic E-state index is 13.4. The predicted molar refractivity (Wildman–Crippen MR) is 139 cm³/mol. The smallest absolute Gasteiger partial charge is 0.283 e. The number of nitrogens with one attached hydrogen (secondary N) is 1. The van der Waals surface area contributed by atoms with Crippen molar-refractivity contribution in [3.8, 4) is 17.6 Å². The van der Waals surface area contributed by atoms with Crippen LogP contribution < -0.4 is 19.7 Å². The van der Waals surface area contributed by atoms with Gasteiger partial charge in [0.1, 0.15) is 11.8 Å². The van der Waals surface area contributed by atoms with Gasteiger partial charge in [0.05, 0.1) is 22.7 Å². The largest absolute Gasteiger partial charge is 0.454 e. The van der Waals surface area contributed by atoms with Gasteiger partial charge >= 0.3 is 0 Å². The summed E-state index contributed by atoms with van der Waals surface area (Å²) in [6.07, 6.45) is 1.68. The van der Waals surface area contributed by atoms with Crippen molar-refractivity contribution in [1.29, 1.82) is 5.26 Å². The third-order valence-corrected chi connectivity index (χ3v) is 6.41. The molecule has 5 rings (SSSR count). The monoisotopic (exact) mass is 496 g/mol. The van der Waals surface area contributed by atoms with E-state index in [2.05, 4.69) is 16.4 Å². The number of ether oxygens (including phenoxy) is 2. The molecule has 36 heavy (non-hydrogen) atoms. The van der Waals surface area contributed by atoms with Crippen molar-refractivity contribution in [2.24, 2.45) is 4.99 Å². The van der Waals surface area contributed by atoms with Gasteiger partial charge in [-0.15, -0.1) is 0 Å². The molecular weight excluding hydrogens is 476 g/mol. The second-order valence-corrected chi connectivity index (χ2v) is 8.95. The van der Waals surface area contributed by atoms with Gasteiger partial charge in [-0.3, -0.25) is 14.5 Å². The van der Waals surface area contributed by atoms with Crippen molar-refractivity contribution < 1.29 is 19.1 Å². The maximum absolute atomic E-state index is 13.4. The summed E-state index contributed by atoms with van der Waals surface area (Å²) in [5.41, 5.74) is 3.51. The normalized spacial score (nSPS) is 15.1. The number of amidine groups is 1. The molecule has 0 unspecified atom stereocenters. The Bertz CT molecular complexity index is 1460. The molecule has 2 aliphatic rings. The number of fused-ring (bicyclic) bond motifs is 1. The van der Waals surface area contributed by atoms with Gasteiger partial charge in [-0.1, -0.05) is 47.7 Å². The quantitative estimate of drug-likeness (QED) is 0.513. The first-order valence-electron chi connectivity index (χ1n) is 11.0. The lowest BCUT2D eigenvalue weighted by Crippen LogP contribution is -2.31. The number of carbonyl (C=O) groups excluding carboxylic acids is 2. The lowest BCUT2D eigenvalue weighted by atomic mass is 10.1. The molecule has 0 aliphatic carbocycles. The van der Waals surface area contributed by atoms with Crippen molar-refractivity contribution in [2.45, 2.75) is 6.92 Å². The number of hydrogen-bond acceptors (Lipinski definition) is 7. The number of nitriles is 1. The van der Waals surface area contributed by atoms with Crippen molar-refractivity contribution >= 4 is 46.2 Å². The highest BCUT2D eigenvalue weighted by Gasteiger charge is 2.32. The molecule has 2 heterocycles. The van der Waals surface area contributed by atoms with E-state index in [9.17, 15) is 14.9 Å². The summed E-state index contributed by atoms with van der Waals surface area (Å²) in [6, 6.07) is 21.8. The van der Waals surface area contributed by atoms with E-state index < -0.39 is 0 Å². The minimum Gasteiger partial charge on any atom is -0.454 e. The van der Waals surface area contributed by atoms with Crippen LogP contribution in [0.1, 0.15) is 16.7 Å². The van der Waals surface area contributed by atoms with Gasteiger partial charge in [-0.2, -0.15) is 5.26 Å². The van der Waals surface area contributed by atoms with E-state index in [-0.39, 0.29) is 30.1 Å². The van der Waals surface area contributed by atoms with Crippen LogP contribution in [0.3, 0.4) is 0 Å². The lowest BCUT2D eigenvalue weighted by Gasteiger charge is -2.18. The van der Waals surface area contributed by atoms with E-state index in [1.165, 1.54) is 4.90 Å². The number of rotatable bonds is 5. The van der Waals surface area contributed by atoms with Gasteiger partial charge in [-0.05, 0) is 55.0 Å². The number of para-hydroxylation sites is 1. The molecule has 0 bridgehead atoms. The molecular formula is C27H20N4O4S. The third kappa shape index (κ3) is 4.80. The van der Waals surface area contributed by atoms with Crippen LogP contribution in [0.25, 0.3) is 6.08 Å². The first-order chi connectivity index (χ1) is 17.5. The Morgan fingerprint density at radius 2 is 1.92 bits per heavy atom. The van der Waals surface area contributed by atoms with Crippen LogP contribution in [-0.2, 0) is 9.59 Å². The first kappa shape index (κ1) is 23.2. The Morgan fingerprint density at radius 3 is 2.72 bits per heavy atom. The Hall–Kier alpha value is -4.55. The van der Waals surface area contributed by atoms with Gasteiger partial charge < -0.3 is 14.8 Å². The van der Waals surface area contributed by atoms with Crippen molar-refractivity contribution in [2.75, 3.05) is 22.8 Å². The van der Waals surface area contributed by atoms with E-state index in [0.29, 0.717) is 33.6 Å². The number of thioether (sulfide) groups is 1. The van der Waals surface area contributed by atoms with Gasteiger partial charge in [0, 0.05) is 0 Å². The van der Waals surface area contributed by atoms with Gasteiger partial charge in [0.25, 0.3) is 5.91 Å². The van der Waals surface area contributed by atoms with Crippen molar-refractivity contribution in [3.63, 3.8) is 0 Å². The standard InChI is InChI=1S/C27H20N4O4S/c1-17-6-9-20(10-7-17)31-26(33)22(12-18-8-11-23-24(13-18)35-16-34-23)30-27(31)36-15-25(32)29-21-5-3-2-4-19(21)14-28/h2-13H,15-16H2,1H3,(H,29,32). The fourth-order valence-electron chi connectivity index (χ4n) is 3.68. The zero-order chi connectivity index (χ0) is 25.1. The highest BCUT2D eigenvalue weighted by Crippen LogP contribution is 2.34. The highest BCUT2D eigenvalue weighted by molar-refractivity contribution is 8.14. The molecule has 3 aromatic rings. The summed E-state index contributed by atoms with van der Waals surface area (Å²) in [5, 5.41) is 12.4. The second kappa shape index (κ2) is 9.98. The molecule has 0 saturated heterocycles. The molecule has 0 atom stereocenters. The zero-order valence-electron chi connectivity index (χ0n) is 19.2. The van der Waals surface area contributed by atoms with E-state index in [4.69, 9.17) is 9.47 Å². The predicted octanol–water partition coefficient (Wildman–Crippen LogP) is 4.71. The molecule has 0 radical (unpaired) electrons. The van der Waals surface area contributed by atoms with Crippen LogP contribution in [0.5, 0.6) is 11.5 Å². The zero-order valence-corrected chi connectivity index (χ0v) is 20.0. The molecule has 0 spiro atoms. The van der Waals surface area contributed by atoms with Crippen LogP contribution in [0.2, 0.25) is 0 Å². The minimum atomic E-state index is -0.310. The molecule has 9 heteroatoms. The molecule has 1 N–H and O–H groups in total. The van der Waals surface area contributed by atoms with E-state index in [1.807, 2.05) is 37.3 Å². The Kier molecular flexibility index (Phi) is 6.43. The fraction of sp³-hybridized carbons (Fsp3) is 0.111. The van der Waals surface area contributed by atoms with E-state index in [0.717, 1.165) is 22.9 Å². The Balaban J connectivity index is 1.39. The number of benzene rings is 3. The Labute approximate surface area is 211 Å². The number of aliphatic imine (C=N–C) groups is 1. The highest BCUT2D eigenvalue weighted by atomic mass is 32.2. The van der Waals surface area contributed by atoms with Gasteiger partial charge in [0.15, 0.2) is 16.7 Å². The van der Waals surface area contributed by atoms with E-state index >= 15 is 0 Å². The number of amides is 2. The average molecular weight is 497 g/mol. The topological polar surface area (TPSA) is 104 Å². The first-order valence-corrected chi connectivity index (χ1v) is 12.0. The molecule has 0 saturated carbocycles. The van der Waals surface area contributed by atoms with Crippen molar-refractivity contribution in [1.82, 2.24) is 0 Å². The van der Waals surface area contributed by atoms with Crippen LogP contribution in [-0.4, -0.2) is 29.5 Å². The fourth-order valence-corrected chi connectivity index (χ4v) is 4.49. The van der Waals surface area contributed by atoms with Crippen LogP contribution in [0.15, 0.2) is 77.4 Å². The summed E-state index contributed by atoms with van der Waals surface area (Å²) >= 11 is 1.14. The SMILES string of the molecule is Cc1ccc(N2C(=O)C(=Cc3ccc4c(c3)OCO4)N=C2SCC(=O)Nc2ccccc2C#N)cc1.